The van der Waals surface area contributed by atoms with Crippen molar-refractivity contribution >= 4 is 0 Å². The van der Waals surface area contributed by atoms with Crippen molar-refractivity contribution in [2.45, 2.75) is 26.4 Å². The van der Waals surface area contributed by atoms with Gasteiger partial charge in [-0.25, -0.2) is 0 Å². The van der Waals surface area contributed by atoms with Crippen LogP contribution in [0.15, 0.2) is 42.5 Å². The summed E-state index contributed by atoms with van der Waals surface area (Å²) in [4.78, 5) is 0. The minimum absolute atomic E-state index is 0.611. The van der Waals surface area contributed by atoms with Gasteiger partial charge in [-0.15, -0.1) is 0 Å². The summed E-state index contributed by atoms with van der Waals surface area (Å²) in [7, 11) is 0. The van der Waals surface area contributed by atoms with Crippen LogP contribution in [-0.4, -0.2) is 0 Å². The van der Waals surface area contributed by atoms with E-state index in [0.717, 1.165) is 35.2 Å². The van der Waals surface area contributed by atoms with Gasteiger partial charge in [0.1, 0.15) is 0 Å². The Morgan fingerprint density at radius 2 is 1.53 bits per heavy atom. The van der Waals surface area contributed by atoms with E-state index in [1.807, 2.05) is 19.1 Å². The number of hydrogen-bond donors (Lipinski definition) is 0. The molecule has 2 aromatic rings. The fourth-order valence-corrected chi connectivity index (χ4v) is 2.08. The zero-order chi connectivity index (χ0) is 14.0. The van der Waals surface area contributed by atoms with E-state index in [2.05, 4.69) is 13.0 Å². The van der Waals surface area contributed by atoms with Crippen LogP contribution < -0.4 is 0 Å². The van der Waals surface area contributed by atoms with Crippen LogP contribution in [0.25, 0.3) is 11.1 Å². The van der Waals surface area contributed by atoms with Gasteiger partial charge < -0.3 is 0 Å². The SMILES string of the molecule is CCc1cc(C)cc(-c2ccc(C(F)(F)F)cc2)c1. The van der Waals surface area contributed by atoms with E-state index in [1.54, 1.807) is 0 Å². The highest BCUT2D eigenvalue weighted by Gasteiger charge is 2.29. The monoisotopic (exact) mass is 264 g/mol. The molecule has 0 N–H and O–H groups in total. The lowest BCUT2D eigenvalue weighted by Gasteiger charge is -2.09. The van der Waals surface area contributed by atoms with Gasteiger partial charge >= 0.3 is 6.18 Å². The number of benzene rings is 2. The number of rotatable bonds is 2. The second kappa shape index (κ2) is 5.08. The molecular formula is C16H15F3. The zero-order valence-corrected chi connectivity index (χ0v) is 10.9. The third kappa shape index (κ3) is 3.16. The highest BCUT2D eigenvalue weighted by molar-refractivity contribution is 5.65. The average Bonchev–Trinajstić information content (AvgIpc) is 2.37. The molecule has 0 saturated carbocycles. The Morgan fingerprint density at radius 3 is 2.05 bits per heavy atom. The fraction of sp³-hybridized carbons (Fsp3) is 0.250. The molecule has 0 heterocycles. The lowest BCUT2D eigenvalue weighted by molar-refractivity contribution is -0.137. The molecule has 2 rings (SSSR count). The molecule has 0 aliphatic heterocycles. The molecule has 0 radical (unpaired) electrons. The van der Waals surface area contributed by atoms with Crippen molar-refractivity contribution in [2.75, 3.05) is 0 Å². The topological polar surface area (TPSA) is 0 Å². The molecule has 3 heteroatoms. The lowest BCUT2D eigenvalue weighted by Crippen LogP contribution is -2.04. The first-order valence-electron chi connectivity index (χ1n) is 6.18. The van der Waals surface area contributed by atoms with Crippen molar-refractivity contribution in [2.24, 2.45) is 0 Å². The third-order valence-corrected chi connectivity index (χ3v) is 3.09. The van der Waals surface area contributed by atoms with Gasteiger partial charge in [-0.1, -0.05) is 42.8 Å². The fourth-order valence-electron chi connectivity index (χ4n) is 2.08. The van der Waals surface area contributed by atoms with Crippen LogP contribution in [0.1, 0.15) is 23.6 Å². The highest BCUT2D eigenvalue weighted by Crippen LogP contribution is 2.31. The maximum Gasteiger partial charge on any atom is 0.416 e. The molecule has 0 aliphatic rings. The van der Waals surface area contributed by atoms with Gasteiger partial charge in [-0.3, -0.25) is 0 Å². The van der Waals surface area contributed by atoms with Crippen LogP contribution in [0.3, 0.4) is 0 Å². The molecule has 0 aliphatic carbocycles. The van der Waals surface area contributed by atoms with Gasteiger partial charge in [0.05, 0.1) is 5.56 Å². The van der Waals surface area contributed by atoms with Crippen molar-refractivity contribution in [1.82, 2.24) is 0 Å². The molecule has 0 nitrogen and oxygen atoms in total. The summed E-state index contributed by atoms with van der Waals surface area (Å²) in [6.45, 7) is 4.05. The standard InChI is InChI=1S/C16H15F3/c1-3-12-8-11(2)9-14(10-12)13-4-6-15(7-5-13)16(17,18)19/h4-10H,3H2,1-2H3. The van der Waals surface area contributed by atoms with Crippen LogP contribution in [0, 0.1) is 6.92 Å². The molecule has 0 bridgehead atoms. The van der Waals surface area contributed by atoms with Crippen molar-refractivity contribution < 1.29 is 13.2 Å². The van der Waals surface area contributed by atoms with Crippen LogP contribution in [0.2, 0.25) is 0 Å². The second-order valence-electron chi connectivity index (χ2n) is 4.64. The molecular weight excluding hydrogens is 249 g/mol. The average molecular weight is 264 g/mol. The normalized spacial score (nSPS) is 11.6. The van der Waals surface area contributed by atoms with Crippen LogP contribution in [0.4, 0.5) is 13.2 Å². The molecule has 0 atom stereocenters. The third-order valence-electron chi connectivity index (χ3n) is 3.09. The number of hydrogen-bond acceptors (Lipinski definition) is 0. The molecule has 0 amide bonds. The minimum atomic E-state index is -4.28. The molecule has 2 aromatic carbocycles. The first-order valence-corrected chi connectivity index (χ1v) is 6.18. The van der Waals surface area contributed by atoms with Gasteiger partial charge in [-0.05, 0) is 42.2 Å². The number of alkyl halides is 3. The maximum atomic E-state index is 12.5. The summed E-state index contributed by atoms with van der Waals surface area (Å²) in [6, 6.07) is 11.4. The van der Waals surface area contributed by atoms with Gasteiger partial charge in [0.25, 0.3) is 0 Å². The molecule has 0 fully saturated rings. The Bertz CT molecular complexity index is 566. The quantitative estimate of drug-likeness (QED) is 0.695. The van der Waals surface area contributed by atoms with Crippen molar-refractivity contribution in [3.8, 4) is 11.1 Å². The van der Waals surface area contributed by atoms with E-state index in [1.165, 1.54) is 17.7 Å². The molecule has 100 valence electrons. The summed E-state index contributed by atoms with van der Waals surface area (Å²) in [5.74, 6) is 0. The predicted molar refractivity (Wildman–Crippen MR) is 71.0 cm³/mol. The summed E-state index contributed by atoms with van der Waals surface area (Å²) in [6.07, 6.45) is -3.37. The summed E-state index contributed by atoms with van der Waals surface area (Å²) in [5.41, 5.74) is 3.47. The van der Waals surface area contributed by atoms with Crippen LogP contribution >= 0.6 is 0 Å². The summed E-state index contributed by atoms with van der Waals surface area (Å²) in [5, 5.41) is 0. The highest BCUT2D eigenvalue weighted by atomic mass is 19.4. The summed E-state index contributed by atoms with van der Waals surface area (Å²) < 4.78 is 37.5. The zero-order valence-electron chi connectivity index (χ0n) is 10.9. The number of aryl methyl sites for hydroxylation is 2. The van der Waals surface area contributed by atoms with Crippen LogP contribution in [0.5, 0.6) is 0 Å². The molecule has 0 unspecified atom stereocenters. The predicted octanol–water partition coefficient (Wildman–Crippen LogP) is 5.24. The van der Waals surface area contributed by atoms with Crippen molar-refractivity contribution in [3.05, 3.63) is 59.2 Å². The Balaban J connectivity index is 2.40. The Kier molecular flexibility index (Phi) is 3.65. The molecule has 0 saturated heterocycles. The lowest BCUT2D eigenvalue weighted by atomic mass is 9.98. The van der Waals surface area contributed by atoms with E-state index in [4.69, 9.17) is 0 Å². The van der Waals surface area contributed by atoms with Gasteiger partial charge in [-0.2, -0.15) is 13.2 Å². The first-order chi connectivity index (χ1) is 8.90. The van der Waals surface area contributed by atoms with Gasteiger partial charge in [0.2, 0.25) is 0 Å². The summed E-state index contributed by atoms with van der Waals surface area (Å²) >= 11 is 0. The Morgan fingerprint density at radius 1 is 0.895 bits per heavy atom. The first kappa shape index (κ1) is 13.7. The van der Waals surface area contributed by atoms with E-state index >= 15 is 0 Å². The van der Waals surface area contributed by atoms with E-state index in [-0.39, 0.29) is 0 Å². The number of halogens is 3. The largest absolute Gasteiger partial charge is 0.416 e. The van der Waals surface area contributed by atoms with Crippen molar-refractivity contribution in [1.29, 1.82) is 0 Å². The minimum Gasteiger partial charge on any atom is -0.166 e. The van der Waals surface area contributed by atoms with Gasteiger partial charge in [0, 0.05) is 0 Å². The van der Waals surface area contributed by atoms with Gasteiger partial charge in [0.15, 0.2) is 0 Å². The molecule has 0 aromatic heterocycles. The molecule has 19 heavy (non-hydrogen) atoms. The smallest absolute Gasteiger partial charge is 0.166 e. The van der Waals surface area contributed by atoms with Crippen molar-refractivity contribution in [3.63, 3.8) is 0 Å². The van der Waals surface area contributed by atoms with Crippen LogP contribution in [-0.2, 0) is 12.6 Å². The second-order valence-corrected chi connectivity index (χ2v) is 4.64. The maximum absolute atomic E-state index is 12.5. The van der Waals surface area contributed by atoms with E-state index in [9.17, 15) is 13.2 Å². The Labute approximate surface area is 110 Å². The Hall–Kier alpha value is -1.77. The molecule has 0 spiro atoms. The van der Waals surface area contributed by atoms with E-state index < -0.39 is 11.7 Å². The van der Waals surface area contributed by atoms with E-state index in [0.29, 0.717) is 0 Å².